The second-order valence-corrected chi connectivity index (χ2v) is 6.66. The monoisotopic (exact) mass is 367 g/mol. The maximum Gasteiger partial charge on any atom is 0.316 e. The number of amides is 2. The van der Waals surface area contributed by atoms with Gasteiger partial charge in [-0.2, -0.15) is 0 Å². The summed E-state index contributed by atoms with van der Waals surface area (Å²) < 4.78 is 1.14. The van der Waals surface area contributed by atoms with Crippen molar-refractivity contribution in [3.05, 3.63) is 50.6 Å². The Bertz CT molecular complexity index is 612. The first-order valence-corrected chi connectivity index (χ1v) is 8.30. The van der Waals surface area contributed by atoms with Crippen LogP contribution in [0.4, 0.5) is 10.5 Å². The molecule has 112 valence electrons. The number of thiophene rings is 1. The van der Waals surface area contributed by atoms with E-state index in [-0.39, 0.29) is 12.1 Å². The lowest BCUT2D eigenvalue weighted by Crippen LogP contribution is -2.22. The van der Waals surface area contributed by atoms with Gasteiger partial charge in [0, 0.05) is 27.1 Å². The average Bonchev–Trinajstić information content (AvgIpc) is 2.85. The highest BCUT2D eigenvalue weighted by molar-refractivity contribution is 9.10. The van der Waals surface area contributed by atoms with Crippen LogP contribution in [-0.2, 0) is 0 Å². The van der Waals surface area contributed by atoms with Crippen LogP contribution in [0.1, 0.15) is 36.4 Å². The van der Waals surface area contributed by atoms with Gasteiger partial charge in [-0.25, -0.2) is 4.79 Å². The van der Waals surface area contributed by atoms with Gasteiger partial charge in [-0.3, -0.25) is 0 Å². The van der Waals surface area contributed by atoms with Crippen LogP contribution in [0.25, 0.3) is 0 Å². The minimum Gasteiger partial charge on any atom is -0.351 e. The lowest BCUT2D eigenvalue weighted by atomic mass is 10.1. The van der Waals surface area contributed by atoms with Crippen molar-refractivity contribution in [2.24, 2.45) is 5.73 Å². The number of carbonyl (C=O) groups is 1. The Morgan fingerprint density at radius 2 is 1.86 bits per heavy atom. The minimum absolute atomic E-state index is 0.205. The highest BCUT2D eigenvalue weighted by atomic mass is 79.9. The largest absolute Gasteiger partial charge is 0.351 e. The smallest absolute Gasteiger partial charge is 0.316 e. The van der Waals surface area contributed by atoms with E-state index in [1.165, 1.54) is 4.88 Å². The van der Waals surface area contributed by atoms with Gasteiger partial charge in [0.15, 0.2) is 0 Å². The number of anilines is 1. The molecule has 2 amide bonds. The van der Waals surface area contributed by atoms with Gasteiger partial charge in [-0.1, -0.05) is 12.1 Å². The molecule has 6 heteroatoms. The first-order valence-electron chi connectivity index (χ1n) is 6.62. The number of benzene rings is 1. The Hall–Kier alpha value is -1.37. The number of nitrogens with one attached hydrogen (secondary N) is 2. The third-order valence-corrected chi connectivity index (χ3v) is 5.27. The highest BCUT2D eigenvalue weighted by Gasteiger charge is 2.14. The summed E-state index contributed by atoms with van der Waals surface area (Å²) in [5.74, 6) is 0. The zero-order chi connectivity index (χ0) is 15.4. The molecule has 21 heavy (non-hydrogen) atoms. The Kier molecular flexibility index (Phi) is 5.39. The lowest BCUT2D eigenvalue weighted by molar-refractivity contribution is 0.259. The zero-order valence-electron chi connectivity index (χ0n) is 11.9. The second-order valence-electron chi connectivity index (χ2n) is 4.85. The van der Waals surface area contributed by atoms with E-state index in [4.69, 9.17) is 5.73 Å². The van der Waals surface area contributed by atoms with E-state index >= 15 is 0 Å². The summed E-state index contributed by atoms with van der Waals surface area (Å²) in [7, 11) is 0. The summed E-state index contributed by atoms with van der Waals surface area (Å²) in [5, 5.41) is 8.20. The number of primary amides is 1. The van der Waals surface area contributed by atoms with Crippen molar-refractivity contribution in [2.75, 3.05) is 5.32 Å². The predicted molar refractivity (Wildman–Crippen MR) is 91.6 cm³/mol. The van der Waals surface area contributed by atoms with E-state index < -0.39 is 6.03 Å². The van der Waals surface area contributed by atoms with E-state index in [9.17, 15) is 4.79 Å². The molecule has 4 N–H and O–H groups in total. The maximum absolute atomic E-state index is 10.8. The number of hydrogen-bond acceptors (Lipinski definition) is 3. The van der Waals surface area contributed by atoms with E-state index in [1.54, 1.807) is 11.3 Å². The first kappa shape index (κ1) is 16.0. The number of hydrogen-bond donors (Lipinski definition) is 3. The van der Waals surface area contributed by atoms with Crippen molar-refractivity contribution in [2.45, 2.75) is 25.9 Å². The van der Waals surface area contributed by atoms with Crippen molar-refractivity contribution >= 4 is 39.0 Å². The number of rotatable bonds is 5. The molecule has 0 bridgehead atoms. The third kappa shape index (κ3) is 4.30. The summed E-state index contributed by atoms with van der Waals surface area (Å²) in [6.45, 7) is 4.27. The van der Waals surface area contributed by atoms with E-state index in [0.29, 0.717) is 5.69 Å². The molecule has 0 saturated heterocycles. The molecule has 2 unspecified atom stereocenters. The Morgan fingerprint density at radius 3 is 2.38 bits per heavy atom. The zero-order valence-corrected chi connectivity index (χ0v) is 14.3. The van der Waals surface area contributed by atoms with Crippen LogP contribution in [-0.4, -0.2) is 6.03 Å². The van der Waals surface area contributed by atoms with Crippen LogP contribution in [0.3, 0.4) is 0 Å². The van der Waals surface area contributed by atoms with Gasteiger partial charge in [-0.05, 0) is 58.9 Å². The Balaban J connectivity index is 2.01. The molecule has 0 radical (unpaired) electrons. The van der Waals surface area contributed by atoms with Crippen LogP contribution in [0.15, 0.2) is 40.2 Å². The first-order chi connectivity index (χ1) is 9.97. The maximum atomic E-state index is 10.8. The van der Waals surface area contributed by atoms with Crippen molar-refractivity contribution in [1.29, 1.82) is 0 Å². The molecular weight excluding hydrogens is 350 g/mol. The van der Waals surface area contributed by atoms with Crippen LogP contribution in [0.5, 0.6) is 0 Å². The molecule has 0 spiro atoms. The normalized spacial score (nSPS) is 13.7. The van der Waals surface area contributed by atoms with Gasteiger partial charge < -0.3 is 16.4 Å². The lowest BCUT2D eigenvalue weighted by Gasteiger charge is -2.20. The molecule has 4 nitrogen and oxygen atoms in total. The Labute approximate surface area is 136 Å². The van der Waals surface area contributed by atoms with Gasteiger partial charge in [0.05, 0.1) is 0 Å². The fourth-order valence-corrected chi connectivity index (χ4v) is 3.89. The second kappa shape index (κ2) is 7.06. The Morgan fingerprint density at radius 1 is 1.19 bits per heavy atom. The molecule has 0 aliphatic heterocycles. The molecule has 0 fully saturated rings. The SMILES string of the molecule is CC(NC(C)c1sccc1Br)c1ccc(NC(N)=O)cc1. The standard InChI is InChI=1S/C15H18BrN3OS/c1-9(18-10(2)14-13(16)7-8-21-14)11-3-5-12(6-4-11)19-15(17)20/h3-10,18H,1-2H3,(H3,17,19,20). The predicted octanol–water partition coefficient (Wildman–Crippen LogP) is 4.41. The van der Waals surface area contributed by atoms with Crippen molar-refractivity contribution in [1.82, 2.24) is 5.32 Å². The number of nitrogens with two attached hydrogens (primary N) is 1. The molecule has 1 aromatic carbocycles. The summed E-state index contributed by atoms with van der Waals surface area (Å²) >= 11 is 5.30. The fourth-order valence-electron chi connectivity index (χ4n) is 2.16. The van der Waals surface area contributed by atoms with Gasteiger partial charge in [0.2, 0.25) is 0 Å². The van der Waals surface area contributed by atoms with Crippen LogP contribution < -0.4 is 16.4 Å². The van der Waals surface area contributed by atoms with E-state index in [2.05, 4.69) is 51.9 Å². The van der Waals surface area contributed by atoms with Crippen molar-refractivity contribution < 1.29 is 4.79 Å². The molecule has 0 aliphatic rings. The van der Waals surface area contributed by atoms with Gasteiger partial charge in [0.1, 0.15) is 0 Å². The average molecular weight is 368 g/mol. The number of halogens is 1. The van der Waals surface area contributed by atoms with E-state index in [0.717, 1.165) is 10.0 Å². The van der Waals surface area contributed by atoms with Crippen molar-refractivity contribution in [3.8, 4) is 0 Å². The van der Waals surface area contributed by atoms with Crippen LogP contribution in [0, 0.1) is 0 Å². The molecule has 0 aliphatic carbocycles. The van der Waals surface area contributed by atoms with Crippen molar-refractivity contribution in [3.63, 3.8) is 0 Å². The van der Waals surface area contributed by atoms with Gasteiger partial charge in [-0.15, -0.1) is 11.3 Å². The summed E-state index contributed by atoms with van der Waals surface area (Å²) in [6.07, 6.45) is 0. The molecule has 2 atom stereocenters. The highest BCUT2D eigenvalue weighted by Crippen LogP contribution is 2.30. The molecule has 2 rings (SSSR count). The third-order valence-electron chi connectivity index (χ3n) is 3.22. The molecule has 1 aromatic heterocycles. The molecule has 1 heterocycles. The molecule has 2 aromatic rings. The summed E-state index contributed by atoms with van der Waals surface area (Å²) in [4.78, 5) is 12.1. The van der Waals surface area contributed by atoms with E-state index in [1.807, 2.05) is 24.3 Å². The quantitative estimate of drug-likeness (QED) is 0.732. The molecular formula is C15H18BrN3OS. The minimum atomic E-state index is -0.551. The summed E-state index contributed by atoms with van der Waals surface area (Å²) in [5.41, 5.74) is 6.95. The fraction of sp³-hybridized carbons (Fsp3) is 0.267. The van der Waals surface area contributed by atoms with Gasteiger partial charge in [0.25, 0.3) is 0 Å². The molecule has 0 saturated carbocycles. The number of carbonyl (C=O) groups excluding carboxylic acids is 1. The topological polar surface area (TPSA) is 67.2 Å². The summed E-state index contributed by atoms with van der Waals surface area (Å²) in [6, 6.07) is 9.65. The van der Waals surface area contributed by atoms with Crippen LogP contribution in [0.2, 0.25) is 0 Å². The number of urea groups is 1. The van der Waals surface area contributed by atoms with Gasteiger partial charge >= 0.3 is 6.03 Å². The van der Waals surface area contributed by atoms with Crippen LogP contribution >= 0.6 is 27.3 Å².